The van der Waals surface area contributed by atoms with Gasteiger partial charge in [0.25, 0.3) is 0 Å². The number of rotatable bonds is 3. The Labute approximate surface area is 111 Å². The second kappa shape index (κ2) is 5.37. The van der Waals surface area contributed by atoms with E-state index in [1.165, 1.54) is 5.56 Å². The fraction of sp³-hybridized carbons (Fsp3) is 0.667. The third-order valence-electron chi connectivity index (χ3n) is 3.74. The Morgan fingerprint density at radius 2 is 2.28 bits per heavy atom. The van der Waals surface area contributed by atoms with Crippen LogP contribution in [0.5, 0.6) is 0 Å². The molecular weight excluding hydrogens is 222 g/mol. The molecule has 3 heteroatoms. The summed E-state index contributed by atoms with van der Waals surface area (Å²) in [5.41, 5.74) is 1.51. The molecule has 0 spiro atoms. The minimum atomic E-state index is 0.202. The normalized spacial score (nSPS) is 24.4. The highest BCUT2D eigenvalue weighted by molar-refractivity contribution is 5.09. The van der Waals surface area contributed by atoms with Gasteiger partial charge in [0, 0.05) is 43.6 Å². The summed E-state index contributed by atoms with van der Waals surface area (Å²) in [6.07, 6.45) is 3.82. The van der Waals surface area contributed by atoms with E-state index in [1.807, 2.05) is 18.5 Å². The zero-order valence-electron chi connectivity index (χ0n) is 12.0. The number of hydrogen-bond donors (Lipinski definition) is 1. The first kappa shape index (κ1) is 13.5. The van der Waals surface area contributed by atoms with Crippen LogP contribution >= 0.6 is 0 Å². The van der Waals surface area contributed by atoms with Gasteiger partial charge in [-0.3, -0.25) is 9.88 Å². The van der Waals surface area contributed by atoms with E-state index < -0.39 is 0 Å². The topological polar surface area (TPSA) is 28.2 Å². The zero-order valence-corrected chi connectivity index (χ0v) is 12.0. The summed E-state index contributed by atoms with van der Waals surface area (Å²) in [5, 5.41) is 3.65. The van der Waals surface area contributed by atoms with Crippen molar-refractivity contribution in [2.24, 2.45) is 5.92 Å². The Morgan fingerprint density at radius 1 is 1.50 bits per heavy atom. The SMILES string of the molecule is CC(C)C1CNC(C)(C)CN1Cc1cccnc1. The van der Waals surface area contributed by atoms with Crippen molar-refractivity contribution in [3.05, 3.63) is 30.1 Å². The van der Waals surface area contributed by atoms with Crippen molar-refractivity contribution in [3.63, 3.8) is 0 Å². The van der Waals surface area contributed by atoms with Crippen molar-refractivity contribution in [1.29, 1.82) is 0 Å². The van der Waals surface area contributed by atoms with Crippen molar-refractivity contribution in [3.8, 4) is 0 Å². The molecule has 1 aliphatic rings. The number of nitrogens with one attached hydrogen (secondary N) is 1. The number of aromatic nitrogens is 1. The average molecular weight is 247 g/mol. The molecule has 1 aliphatic heterocycles. The highest BCUT2D eigenvalue weighted by atomic mass is 15.2. The predicted molar refractivity (Wildman–Crippen MR) is 75.4 cm³/mol. The summed E-state index contributed by atoms with van der Waals surface area (Å²) >= 11 is 0. The number of hydrogen-bond acceptors (Lipinski definition) is 3. The van der Waals surface area contributed by atoms with Crippen LogP contribution in [0.15, 0.2) is 24.5 Å². The lowest BCUT2D eigenvalue weighted by Crippen LogP contribution is -2.62. The Bertz CT molecular complexity index is 373. The molecule has 1 fully saturated rings. The highest BCUT2D eigenvalue weighted by Gasteiger charge is 2.33. The predicted octanol–water partition coefficient (Wildman–Crippen LogP) is 2.29. The van der Waals surface area contributed by atoms with E-state index in [-0.39, 0.29) is 5.54 Å². The van der Waals surface area contributed by atoms with Gasteiger partial charge in [-0.05, 0) is 31.4 Å². The third-order valence-corrected chi connectivity index (χ3v) is 3.74. The number of pyridine rings is 1. The molecule has 3 nitrogen and oxygen atoms in total. The molecule has 18 heavy (non-hydrogen) atoms. The smallest absolute Gasteiger partial charge is 0.0312 e. The molecule has 1 N–H and O–H groups in total. The Balaban J connectivity index is 2.10. The van der Waals surface area contributed by atoms with Crippen molar-refractivity contribution in [2.75, 3.05) is 13.1 Å². The van der Waals surface area contributed by atoms with Crippen LogP contribution in [0.3, 0.4) is 0 Å². The van der Waals surface area contributed by atoms with E-state index in [0.717, 1.165) is 19.6 Å². The van der Waals surface area contributed by atoms with Crippen LogP contribution in [0.1, 0.15) is 33.3 Å². The average Bonchev–Trinajstić information content (AvgIpc) is 2.28. The van der Waals surface area contributed by atoms with Gasteiger partial charge in [-0.2, -0.15) is 0 Å². The standard InChI is InChI=1S/C15H25N3/c1-12(2)14-9-17-15(3,4)11-18(14)10-13-6-5-7-16-8-13/h5-8,12,14,17H,9-11H2,1-4H3. The quantitative estimate of drug-likeness (QED) is 0.888. The van der Waals surface area contributed by atoms with Gasteiger partial charge in [-0.25, -0.2) is 0 Å². The molecule has 1 saturated heterocycles. The van der Waals surface area contributed by atoms with Gasteiger partial charge in [0.15, 0.2) is 0 Å². The van der Waals surface area contributed by atoms with Crippen LogP contribution in [-0.4, -0.2) is 34.6 Å². The van der Waals surface area contributed by atoms with Gasteiger partial charge >= 0.3 is 0 Å². The van der Waals surface area contributed by atoms with Crippen molar-refractivity contribution in [1.82, 2.24) is 15.2 Å². The lowest BCUT2D eigenvalue weighted by molar-refractivity contribution is 0.0626. The van der Waals surface area contributed by atoms with Crippen LogP contribution in [-0.2, 0) is 6.54 Å². The fourth-order valence-corrected chi connectivity index (χ4v) is 2.75. The van der Waals surface area contributed by atoms with E-state index in [9.17, 15) is 0 Å². The molecule has 0 bridgehead atoms. The molecule has 2 heterocycles. The van der Waals surface area contributed by atoms with Crippen molar-refractivity contribution < 1.29 is 0 Å². The molecule has 1 atom stereocenters. The molecule has 1 aromatic rings. The summed E-state index contributed by atoms with van der Waals surface area (Å²) in [4.78, 5) is 6.81. The molecule has 1 unspecified atom stereocenters. The highest BCUT2D eigenvalue weighted by Crippen LogP contribution is 2.22. The minimum absolute atomic E-state index is 0.202. The molecule has 1 aromatic heterocycles. The molecule has 100 valence electrons. The first-order valence-electron chi connectivity index (χ1n) is 6.86. The summed E-state index contributed by atoms with van der Waals surface area (Å²) < 4.78 is 0. The van der Waals surface area contributed by atoms with Crippen molar-refractivity contribution >= 4 is 0 Å². The van der Waals surface area contributed by atoms with Crippen LogP contribution < -0.4 is 5.32 Å². The Hall–Kier alpha value is -0.930. The molecule has 0 aromatic carbocycles. The van der Waals surface area contributed by atoms with Gasteiger partial charge in [-0.15, -0.1) is 0 Å². The van der Waals surface area contributed by atoms with E-state index in [2.05, 4.69) is 49.0 Å². The second-order valence-corrected chi connectivity index (χ2v) is 6.34. The van der Waals surface area contributed by atoms with Gasteiger partial charge < -0.3 is 5.32 Å². The summed E-state index contributed by atoms with van der Waals surface area (Å²) in [5.74, 6) is 0.672. The van der Waals surface area contributed by atoms with E-state index >= 15 is 0 Å². The minimum Gasteiger partial charge on any atom is -0.309 e. The lowest BCUT2D eigenvalue weighted by atomic mass is 9.93. The first-order chi connectivity index (χ1) is 8.48. The van der Waals surface area contributed by atoms with E-state index in [1.54, 1.807) is 0 Å². The van der Waals surface area contributed by atoms with Gasteiger partial charge in [0.2, 0.25) is 0 Å². The monoisotopic (exact) mass is 247 g/mol. The molecule has 0 radical (unpaired) electrons. The second-order valence-electron chi connectivity index (χ2n) is 6.34. The molecule has 0 aliphatic carbocycles. The maximum atomic E-state index is 4.21. The molecule has 0 amide bonds. The first-order valence-corrected chi connectivity index (χ1v) is 6.86. The van der Waals surface area contributed by atoms with Crippen molar-refractivity contribution in [2.45, 2.75) is 45.8 Å². The summed E-state index contributed by atoms with van der Waals surface area (Å²) in [7, 11) is 0. The Kier molecular flexibility index (Phi) is 4.03. The van der Waals surface area contributed by atoms with Gasteiger partial charge in [-0.1, -0.05) is 19.9 Å². The third kappa shape index (κ3) is 3.30. The fourth-order valence-electron chi connectivity index (χ4n) is 2.75. The maximum absolute atomic E-state index is 4.21. The van der Waals surface area contributed by atoms with Gasteiger partial charge in [0.05, 0.1) is 0 Å². The van der Waals surface area contributed by atoms with Crippen LogP contribution in [0.2, 0.25) is 0 Å². The van der Waals surface area contributed by atoms with Gasteiger partial charge in [0.1, 0.15) is 0 Å². The largest absolute Gasteiger partial charge is 0.309 e. The Morgan fingerprint density at radius 3 is 2.89 bits per heavy atom. The zero-order chi connectivity index (χ0) is 13.2. The lowest BCUT2D eigenvalue weighted by Gasteiger charge is -2.46. The summed E-state index contributed by atoms with van der Waals surface area (Å²) in [6.45, 7) is 12.3. The van der Waals surface area contributed by atoms with E-state index in [4.69, 9.17) is 0 Å². The molecule has 0 saturated carbocycles. The summed E-state index contributed by atoms with van der Waals surface area (Å²) in [6, 6.07) is 4.80. The van der Waals surface area contributed by atoms with Crippen LogP contribution in [0.25, 0.3) is 0 Å². The molecular formula is C15H25N3. The van der Waals surface area contributed by atoms with Crippen LogP contribution in [0.4, 0.5) is 0 Å². The maximum Gasteiger partial charge on any atom is 0.0312 e. The van der Waals surface area contributed by atoms with E-state index in [0.29, 0.717) is 12.0 Å². The number of nitrogens with zero attached hydrogens (tertiary/aromatic N) is 2. The molecule has 2 rings (SSSR count). The van der Waals surface area contributed by atoms with Crippen LogP contribution in [0, 0.1) is 5.92 Å². The number of piperazine rings is 1.